The molecule has 2 fully saturated rings. The lowest BCUT2D eigenvalue weighted by Crippen LogP contribution is -2.55. The smallest absolute Gasteiger partial charge is 0.343 e. The first-order valence-corrected chi connectivity index (χ1v) is 11.5. The Morgan fingerprint density at radius 1 is 1.12 bits per heavy atom. The van der Waals surface area contributed by atoms with Crippen LogP contribution in [0.2, 0.25) is 5.02 Å². The van der Waals surface area contributed by atoms with Gasteiger partial charge in [-0.1, -0.05) is 60.8 Å². The fraction of sp³-hybridized carbons (Fsp3) is 0.480. The number of carbonyl (C=O) groups excluding carboxylic acids is 1. The minimum absolute atomic E-state index is 0.152. The predicted molar refractivity (Wildman–Crippen MR) is 120 cm³/mol. The number of nitrogens with one attached hydrogen (secondary N) is 1. The van der Waals surface area contributed by atoms with E-state index in [-0.39, 0.29) is 17.1 Å². The predicted octanol–water partition coefficient (Wildman–Crippen LogP) is 6.48. The van der Waals surface area contributed by atoms with Crippen LogP contribution in [-0.2, 0) is 6.18 Å². The second-order valence-corrected chi connectivity index (χ2v) is 9.49. The molecule has 0 radical (unpaired) electrons. The first-order chi connectivity index (χ1) is 15.2. The Bertz CT molecular complexity index is 953. The molecule has 3 nitrogen and oxygen atoms in total. The summed E-state index contributed by atoms with van der Waals surface area (Å²) in [7, 11) is 2.11. The Kier molecular flexibility index (Phi) is 6.55. The summed E-state index contributed by atoms with van der Waals surface area (Å²) in [6.07, 6.45) is 1.78. The summed E-state index contributed by atoms with van der Waals surface area (Å²) in [6, 6.07) is 12.8. The fourth-order valence-electron chi connectivity index (χ4n) is 5.06. The van der Waals surface area contributed by atoms with Crippen LogP contribution in [0.1, 0.15) is 66.1 Å². The molecule has 0 bridgehead atoms. The average Bonchev–Trinajstić information content (AvgIpc) is 3.43. The lowest BCUT2D eigenvalue weighted by atomic mass is 9.81. The Morgan fingerprint density at radius 3 is 2.38 bits per heavy atom. The van der Waals surface area contributed by atoms with Gasteiger partial charge in [-0.25, -0.2) is 0 Å². The number of alkyl halides is 3. The van der Waals surface area contributed by atoms with Crippen molar-refractivity contribution in [1.29, 1.82) is 0 Å². The zero-order chi connectivity index (χ0) is 22.9. The van der Waals surface area contributed by atoms with Crippen molar-refractivity contribution in [2.45, 2.75) is 56.3 Å². The Morgan fingerprint density at radius 2 is 1.78 bits per heavy atom. The number of hydrogen-bond donors (Lipinski definition) is 1. The topological polar surface area (TPSA) is 32.3 Å². The van der Waals surface area contributed by atoms with Crippen LogP contribution in [0.4, 0.5) is 13.2 Å². The zero-order valence-corrected chi connectivity index (χ0v) is 18.8. The van der Waals surface area contributed by atoms with Crippen LogP contribution in [0.25, 0.3) is 0 Å². The first-order valence-electron chi connectivity index (χ1n) is 11.1. The maximum absolute atomic E-state index is 13.3. The minimum atomic E-state index is -4.62. The van der Waals surface area contributed by atoms with Crippen LogP contribution in [-0.4, -0.2) is 29.9 Å². The molecule has 1 N–H and O–H groups in total. The summed E-state index contributed by atoms with van der Waals surface area (Å²) >= 11 is 6.06. The number of rotatable bonds is 7. The van der Waals surface area contributed by atoms with Gasteiger partial charge in [0.2, 0.25) is 0 Å². The van der Waals surface area contributed by atoms with Crippen molar-refractivity contribution < 1.29 is 18.0 Å². The molecule has 4 rings (SSSR count). The highest BCUT2D eigenvalue weighted by Gasteiger charge is 2.47. The third kappa shape index (κ3) is 4.67. The highest BCUT2D eigenvalue weighted by molar-refractivity contribution is 6.34. The molecule has 0 spiro atoms. The van der Waals surface area contributed by atoms with Gasteiger partial charge in [0, 0.05) is 12.1 Å². The lowest BCUT2D eigenvalue weighted by molar-refractivity contribution is -0.137. The molecule has 2 aromatic carbocycles. The normalized spacial score (nSPS) is 19.2. The highest BCUT2D eigenvalue weighted by Crippen LogP contribution is 2.46. The Hall–Kier alpha value is -2.05. The van der Waals surface area contributed by atoms with E-state index in [1.165, 1.54) is 25.0 Å². The third-order valence-corrected chi connectivity index (χ3v) is 7.36. The van der Waals surface area contributed by atoms with Crippen LogP contribution in [0.5, 0.6) is 0 Å². The summed E-state index contributed by atoms with van der Waals surface area (Å²) < 4.78 is 40.0. The van der Waals surface area contributed by atoms with Crippen molar-refractivity contribution in [3.05, 3.63) is 70.2 Å². The van der Waals surface area contributed by atoms with Gasteiger partial charge in [0.25, 0.3) is 5.91 Å². The molecule has 0 heterocycles. The number of carbonyl (C=O) groups is 1. The van der Waals surface area contributed by atoms with Crippen molar-refractivity contribution in [3.63, 3.8) is 0 Å². The van der Waals surface area contributed by atoms with Gasteiger partial charge in [-0.15, -0.1) is 0 Å². The average molecular weight is 465 g/mol. The van der Waals surface area contributed by atoms with Crippen LogP contribution in [0.15, 0.2) is 48.5 Å². The number of likely N-dealkylation sites (N-methyl/N-ethyl adjacent to an activating group) is 1. The Balaban J connectivity index is 1.70. The van der Waals surface area contributed by atoms with Crippen LogP contribution < -0.4 is 5.32 Å². The molecular weight excluding hydrogens is 437 g/mol. The van der Waals surface area contributed by atoms with Crippen molar-refractivity contribution in [2.75, 3.05) is 13.6 Å². The lowest BCUT2D eigenvalue weighted by Gasteiger charge is -2.45. The van der Waals surface area contributed by atoms with Crippen LogP contribution >= 0.6 is 11.6 Å². The summed E-state index contributed by atoms with van der Waals surface area (Å²) in [5, 5.41) is 2.53. The molecule has 2 aliphatic rings. The van der Waals surface area contributed by atoms with E-state index in [9.17, 15) is 18.0 Å². The molecular formula is C25H28ClF3N2O. The number of halogens is 4. The molecule has 32 heavy (non-hydrogen) atoms. The van der Waals surface area contributed by atoms with Crippen molar-refractivity contribution >= 4 is 17.5 Å². The monoisotopic (exact) mass is 464 g/mol. The molecule has 1 atom stereocenters. The second kappa shape index (κ2) is 9.06. The molecule has 0 saturated heterocycles. The van der Waals surface area contributed by atoms with Crippen molar-refractivity contribution in [2.24, 2.45) is 5.92 Å². The van der Waals surface area contributed by atoms with E-state index in [1.54, 1.807) is 0 Å². The van der Waals surface area contributed by atoms with E-state index in [4.69, 9.17) is 11.6 Å². The minimum Gasteiger partial charge on any atom is -0.343 e. The van der Waals surface area contributed by atoms with Gasteiger partial charge in [0.1, 0.15) is 0 Å². The van der Waals surface area contributed by atoms with Gasteiger partial charge in [-0.05, 0) is 56.3 Å². The van der Waals surface area contributed by atoms with Crippen molar-refractivity contribution in [1.82, 2.24) is 10.2 Å². The SMILES string of the molecule is CN(CC1CC1)C1(C(NC(=O)c2cccc(C(F)(F)F)c2Cl)c2ccccc2)CCCC1. The maximum Gasteiger partial charge on any atom is 0.417 e. The van der Waals surface area contributed by atoms with Gasteiger partial charge in [-0.2, -0.15) is 13.2 Å². The molecule has 2 aromatic rings. The van der Waals surface area contributed by atoms with Gasteiger partial charge in [0.05, 0.1) is 22.2 Å². The van der Waals surface area contributed by atoms with Gasteiger partial charge in [0.15, 0.2) is 0 Å². The summed E-state index contributed by atoms with van der Waals surface area (Å²) in [4.78, 5) is 15.7. The van der Waals surface area contributed by atoms with Gasteiger partial charge in [-0.3, -0.25) is 9.69 Å². The molecule has 1 amide bonds. The van der Waals surface area contributed by atoms with Crippen LogP contribution in [0, 0.1) is 5.92 Å². The zero-order valence-electron chi connectivity index (χ0n) is 18.1. The molecule has 2 aliphatic carbocycles. The fourth-order valence-corrected chi connectivity index (χ4v) is 5.38. The molecule has 2 saturated carbocycles. The summed E-state index contributed by atoms with van der Waals surface area (Å²) in [5.74, 6) is 0.101. The number of benzene rings is 2. The number of nitrogens with zero attached hydrogens (tertiary/aromatic N) is 1. The molecule has 0 aromatic heterocycles. The van der Waals surface area contributed by atoms with Gasteiger partial charge < -0.3 is 5.32 Å². The number of amides is 1. The van der Waals surface area contributed by atoms with Crippen LogP contribution in [0.3, 0.4) is 0 Å². The molecule has 0 aliphatic heterocycles. The van der Waals surface area contributed by atoms with E-state index in [0.717, 1.165) is 43.9 Å². The highest BCUT2D eigenvalue weighted by atomic mass is 35.5. The maximum atomic E-state index is 13.3. The van der Waals surface area contributed by atoms with Crippen molar-refractivity contribution in [3.8, 4) is 0 Å². The van der Waals surface area contributed by atoms with E-state index in [1.807, 2.05) is 30.3 Å². The number of hydrogen-bond acceptors (Lipinski definition) is 2. The summed E-state index contributed by atoms with van der Waals surface area (Å²) in [6.45, 7) is 0.962. The molecule has 1 unspecified atom stereocenters. The second-order valence-electron chi connectivity index (χ2n) is 9.12. The van der Waals surface area contributed by atoms with E-state index < -0.39 is 22.7 Å². The van der Waals surface area contributed by atoms with E-state index >= 15 is 0 Å². The third-order valence-electron chi connectivity index (χ3n) is 6.95. The Labute approximate surface area is 191 Å². The molecule has 7 heteroatoms. The van der Waals surface area contributed by atoms with Gasteiger partial charge >= 0.3 is 6.18 Å². The quantitative estimate of drug-likeness (QED) is 0.508. The van der Waals surface area contributed by atoms with E-state index in [2.05, 4.69) is 17.3 Å². The first kappa shape index (κ1) is 23.1. The summed E-state index contributed by atoms with van der Waals surface area (Å²) in [5.41, 5.74) is -0.480. The van der Waals surface area contributed by atoms with E-state index in [0.29, 0.717) is 5.92 Å². The largest absolute Gasteiger partial charge is 0.417 e. The standard InChI is InChI=1S/C25H28ClF3N2O/c1-31(16-17-12-13-17)24(14-5-6-15-24)22(18-8-3-2-4-9-18)30-23(32)19-10-7-11-20(21(19)26)25(27,28)29/h2-4,7-11,17,22H,5-6,12-16H2,1H3,(H,30,32). The molecule has 172 valence electrons.